The molecule has 0 aliphatic rings. The van der Waals surface area contributed by atoms with E-state index in [-0.39, 0.29) is 6.54 Å². The Morgan fingerprint density at radius 2 is 1.82 bits per heavy atom. The van der Waals surface area contributed by atoms with Crippen LogP contribution in [0.4, 0.5) is 13.2 Å². The van der Waals surface area contributed by atoms with Crippen molar-refractivity contribution in [2.24, 2.45) is 5.73 Å². The monoisotopic (exact) mass is 242 g/mol. The van der Waals surface area contributed by atoms with Crippen LogP contribution in [0.2, 0.25) is 0 Å². The number of oxazole rings is 1. The van der Waals surface area contributed by atoms with Crippen LogP contribution in [0.1, 0.15) is 11.5 Å². The molecule has 3 nitrogen and oxygen atoms in total. The molecule has 2 N–H and O–H groups in total. The van der Waals surface area contributed by atoms with Crippen LogP contribution in [0, 0.1) is 0 Å². The van der Waals surface area contributed by atoms with Crippen molar-refractivity contribution in [3.05, 3.63) is 41.9 Å². The minimum Gasteiger partial charge on any atom is -0.439 e. The fourth-order valence-electron chi connectivity index (χ4n) is 1.36. The molecule has 0 saturated heterocycles. The number of hydrogen-bond acceptors (Lipinski definition) is 3. The maximum absolute atomic E-state index is 12.3. The predicted octanol–water partition coefficient (Wildman–Crippen LogP) is 2.82. The van der Waals surface area contributed by atoms with Gasteiger partial charge in [0.05, 0.1) is 18.3 Å². The van der Waals surface area contributed by atoms with Crippen LogP contribution in [-0.4, -0.2) is 4.98 Å². The average molecular weight is 242 g/mol. The molecular weight excluding hydrogens is 233 g/mol. The van der Waals surface area contributed by atoms with E-state index in [2.05, 4.69) is 4.98 Å². The molecule has 0 saturated carbocycles. The topological polar surface area (TPSA) is 52.0 Å². The van der Waals surface area contributed by atoms with Gasteiger partial charge in [-0.15, -0.1) is 0 Å². The van der Waals surface area contributed by atoms with Crippen molar-refractivity contribution >= 4 is 0 Å². The van der Waals surface area contributed by atoms with Crippen LogP contribution in [-0.2, 0) is 12.7 Å². The minimum atomic E-state index is -4.33. The lowest BCUT2D eigenvalue weighted by atomic mass is 10.1. The van der Waals surface area contributed by atoms with Gasteiger partial charge in [-0.25, -0.2) is 4.98 Å². The standard InChI is InChI=1S/C11H9F3N2O/c12-11(13,14)8-3-1-7(2-4-8)9-6-16-10(5-15)17-9/h1-4,6H,5,15H2. The van der Waals surface area contributed by atoms with Crippen LogP contribution in [0.3, 0.4) is 0 Å². The van der Waals surface area contributed by atoms with E-state index in [0.29, 0.717) is 17.2 Å². The van der Waals surface area contributed by atoms with Gasteiger partial charge in [-0.05, 0) is 12.1 Å². The molecule has 6 heteroatoms. The molecule has 1 heterocycles. The van der Waals surface area contributed by atoms with Crippen molar-refractivity contribution < 1.29 is 17.6 Å². The van der Waals surface area contributed by atoms with Gasteiger partial charge in [-0.1, -0.05) is 12.1 Å². The number of alkyl halides is 3. The summed E-state index contributed by atoms with van der Waals surface area (Å²) < 4.78 is 42.2. The number of hydrogen-bond donors (Lipinski definition) is 1. The summed E-state index contributed by atoms with van der Waals surface area (Å²) in [6, 6.07) is 4.67. The Morgan fingerprint density at radius 3 is 2.29 bits per heavy atom. The first-order valence-electron chi connectivity index (χ1n) is 4.83. The first kappa shape index (κ1) is 11.7. The second kappa shape index (κ2) is 4.21. The zero-order valence-electron chi connectivity index (χ0n) is 8.66. The Hall–Kier alpha value is -1.82. The lowest BCUT2D eigenvalue weighted by Gasteiger charge is -2.06. The normalized spacial score (nSPS) is 11.8. The quantitative estimate of drug-likeness (QED) is 0.880. The van der Waals surface area contributed by atoms with E-state index in [0.717, 1.165) is 12.1 Å². The molecule has 1 aromatic carbocycles. The molecule has 0 radical (unpaired) electrons. The van der Waals surface area contributed by atoms with E-state index in [1.54, 1.807) is 0 Å². The molecule has 0 unspecified atom stereocenters. The van der Waals surface area contributed by atoms with E-state index in [4.69, 9.17) is 10.2 Å². The minimum absolute atomic E-state index is 0.153. The van der Waals surface area contributed by atoms with Crippen molar-refractivity contribution in [1.29, 1.82) is 0 Å². The van der Waals surface area contributed by atoms with Gasteiger partial charge in [0.2, 0.25) is 5.89 Å². The highest BCUT2D eigenvalue weighted by Gasteiger charge is 2.30. The van der Waals surface area contributed by atoms with Gasteiger partial charge in [0.25, 0.3) is 0 Å². The van der Waals surface area contributed by atoms with Gasteiger partial charge in [0.1, 0.15) is 0 Å². The Bertz CT molecular complexity index is 502. The van der Waals surface area contributed by atoms with Crippen molar-refractivity contribution in [1.82, 2.24) is 4.98 Å². The number of nitrogens with two attached hydrogens (primary N) is 1. The van der Waals surface area contributed by atoms with Crippen molar-refractivity contribution in [2.75, 3.05) is 0 Å². The maximum Gasteiger partial charge on any atom is 0.416 e. The fraction of sp³-hybridized carbons (Fsp3) is 0.182. The highest BCUT2D eigenvalue weighted by atomic mass is 19.4. The van der Waals surface area contributed by atoms with Crippen LogP contribution in [0.15, 0.2) is 34.9 Å². The second-order valence-electron chi connectivity index (χ2n) is 3.40. The van der Waals surface area contributed by atoms with Gasteiger partial charge in [-0.3, -0.25) is 0 Å². The van der Waals surface area contributed by atoms with Gasteiger partial charge < -0.3 is 10.2 Å². The van der Waals surface area contributed by atoms with E-state index in [1.165, 1.54) is 18.3 Å². The third-order valence-electron chi connectivity index (χ3n) is 2.22. The summed E-state index contributed by atoms with van der Waals surface area (Å²) in [4.78, 5) is 3.87. The number of benzene rings is 1. The number of aromatic nitrogens is 1. The number of halogens is 3. The Morgan fingerprint density at radius 1 is 1.18 bits per heavy atom. The highest BCUT2D eigenvalue weighted by molar-refractivity contribution is 5.56. The molecule has 0 aliphatic carbocycles. The molecule has 2 rings (SSSR count). The second-order valence-corrected chi connectivity index (χ2v) is 3.40. The third kappa shape index (κ3) is 2.47. The van der Waals surface area contributed by atoms with E-state index in [9.17, 15) is 13.2 Å². The summed E-state index contributed by atoms with van der Waals surface area (Å²) >= 11 is 0. The lowest BCUT2D eigenvalue weighted by Crippen LogP contribution is -2.03. The Labute approximate surface area is 95.1 Å². The summed E-state index contributed by atoms with van der Waals surface area (Å²) in [5.41, 5.74) is 5.16. The third-order valence-corrected chi connectivity index (χ3v) is 2.22. The zero-order valence-corrected chi connectivity index (χ0v) is 8.66. The molecule has 2 aromatic rings. The smallest absolute Gasteiger partial charge is 0.416 e. The molecule has 0 fully saturated rings. The van der Waals surface area contributed by atoms with Crippen LogP contribution < -0.4 is 5.73 Å². The highest BCUT2D eigenvalue weighted by Crippen LogP contribution is 2.31. The lowest BCUT2D eigenvalue weighted by molar-refractivity contribution is -0.137. The molecule has 0 bridgehead atoms. The van der Waals surface area contributed by atoms with Crippen molar-refractivity contribution in [3.8, 4) is 11.3 Å². The maximum atomic E-state index is 12.3. The molecule has 0 atom stereocenters. The summed E-state index contributed by atoms with van der Waals surface area (Å²) in [5.74, 6) is 0.749. The summed E-state index contributed by atoms with van der Waals surface area (Å²) in [6.45, 7) is 0.153. The summed E-state index contributed by atoms with van der Waals surface area (Å²) in [5, 5.41) is 0. The molecule has 0 amide bonds. The van der Waals surface area contributed by atoms with Crippen molar-refractivity contribution in [3.63, 3.8) is 0 Å². The predicted molar refractivity (Wildman–Crippen MR) is 54.8 cm³/mol. The Balaban J connectivity index is 2.29. The number of rotatable bonds is 2. The van der Waals surface area contributed by atoms with Gasteiger partial charge in [-0.2, -0.15) is 13.2 Å². The fourth-order valence-corrected chi connectivity index (χ4v) is 1.36. The average Bonchev–Trinajstić information content (AvgIpc) is 2.76. The number of nitrogens with zero attached hydrogens (tertiary/aromatic N) is 1. The van der Waals surface area contributed by atoms with Crippen molar-refractivity contribution in [2.45, 2.75) is 12.7 Å². The van der Waals surface area contributed by atoms with E-state index >= 15 is 0 Å². The molecule has 90 valence electrons. The van der Waals surface area contributed by atoms with Crippen LogP contribution >= 0.6 is 0 Å². The summed E-state index contributed by atoms with van der Waals surface area (Å²) in [7, 11) is 0. The first-order valence-corrected chi connectivity index (χ1v) is 4.83. The van der Waals surface area contributed by atoms with Gasteiger partial charge in [0, 0.05) is 5.56 Å². The molecule has 0 aliphatic heterocycles. The van der Waals surface area contributed by atoms with Crippen LogP contribution in [0.25, 0.3) is 11.3 Å². The molecule has 0 spiro atoms. The molecule has 17 heavy (non-hydrogen) atoms. The first-order chi connectivity index (χ1) is 8.00. The molecule has 1 aromatic heterocycles. The zero-order chi connectivity index (χ0) is 12.5. The Kier molecular flexibility index (Phi) is 2.89. The van der Waals surface area contributed by atoms with Gasteiger partial charge >= 0.3 is 6.18 Å². The largest absolute Gasteiger partial charge is 0.439 e. The SMILES string of the molecule is NCc1ncc(-c2ccc(C(F)(F)F)cc2)o1. The van der Waals surface area contributed by atoms with Gasteiger partial charge in [0.15, 0.2) is 5.76 Å². The van der Waals surface area contributed by atoms with E-state index in [1.807, 2.05) is 0 Å². The molecular formula is C11H9F3N2O. The summed E-state index contributed by atoms with van der Waals surface area (Å²) in [6.07, 6.45) is -2.90. The van der Waals surface area contributed by atoms with E-state index < -0.39 is 11.7 Å². The van der Waals surface area contributed by atoms with Crippen LogP contribution in [0.5, 0.6) is 0 Å².